The molecule has 5 nitrogen and oxygen atoms in total. The van der Waals surface area contributed by atoms with Crippen molar-refractivity contribution in [3.05, 3.63) is 60.2 Å². The standard InChI is InChI=1S/C18H23N3O2/c1-21(2)13-16(14-9-5-4-6-10-14)20-18(22)19-15-11-7-8-12-17(15)23-3/h4-12,16H,13H2,1-3H3,(H2,19,20,22)/t16-/m0/s1. The van der Waals surface area contributed by atoms with E-state index >= 15 is 0 Å². The maximum atomic E-state index is 12.3. The highest BCUT2D eigenvalue weighted by Gasteiger charge is 2.16. The number of ether oxygens (including phenoxy) is 1. The van der Waals surface area contributed by atoms with E-state index in [2.05, 4.69) is 10.6 Å². The summed E-state index contributed by atoms with van der Waals surface area (Å²) in [6, 6.07) is 16.9. The van der Waals surface area contributed by atoms with Crippen molar-refractivity contribution in [2.45, 2.75) is 6.04 Å². The highest BCUT2D eigenvalue weighted by molar-refractivity contribution is 5.91. The lowest BCUT2D eigenvalue weighted by molar-refractivity contribution is 0.244. The molecule has 5 heteroatoms. The maximum absolute atomic E-state index is 12.3. The van der Waals surface area contributed by atoms with Crippen LogP contribution < -0.4 is 15.4 Å². The predicted octanol–water partition coefficient (Wildman–Crippen LogP) is 3.12. The third-order valence-electron chi connectivity index (χ3n) is 3.41. The first-order chi connectivity index (χ1) is 11.1. The van der Waals surface area contributed by atoms with E-state index in [0.717, 1.165) is 5.56 Å². The SMILES string of the molecule is COc1ccccc1NC(=O)N[C@@H](CN(C)C)c1ccccc1. The van der Waals surface area contributed by atoms with E-state index in [1.807, 2.05) is 73.6 Å². The number of hydrogen-bond donors (Lipinski definition) is 2. The molecule has 2 N–H and O–H groups in total. The van der Waals surface area contributed by atoms with Crippen LogP contribution in [0.5, 0.6) is 5.75 Å². The minimum absolute atomic E-state index is 0.0964. The topological polar surface area (TPSA) is 53.6 Å². The monoisotopic (exact) mass is 313 g/mol. The molecular weight excluding hydrogens is 290 g/mol. The van der Waals surface area contributed by atoms with Gasteiger partial charge in [0.2, 0.25) is 0 Å². The zero-order chi connectivity index (χ0) is 16.7. The quantitative estimate of drug-likeness (QED) is 0.861. The summed E-state index contributed by atoms with van der Waals surface area (Å²) in [6.45, 7) is 0.712. The van der Waals surface area contributed by atoms with Crippen LogP contribution >= 0.6 is 0 Å². The van der Waals surface area contributed by atoms with Crippen molar-refractivity contribution in [3.63, 3.8) is 0 Å². The Labute approximate surface area is 137 Å². The highest BCUT2D eigenvalue weighted by Crippen LogP contribution is 2.23. The fraction of sp³-hybridized carbons (Fsp3) is 0.278. The number of amides is 2. The second-order valence-corrected chi connectivity index (χ2v) is 5.52. The number of para-hydroxylation sites is 2. The second-order valence-electron chi connectivity index (χ2n) is 5.52. The van der Waals surface area contributed by atoms with Crippen molar-refractivity contribution in [2.75, 3.05) is 33.1 Å². The molecule has 2 rings (SSSR count). The Morgan fingerprint density at radius 2 is 1.74 bits per heavy atom. The fourth-order valence-electron chi connectivity index (χ4n) is 2.35. The van der Waals surface area contributed by atoms with Gasteiger partial charge >= 0.3 is 6.03 Å². The van der Waals surface area contributed by atoms with Crippen LogP contribution in [0.15, 0.2) is 54.6 Å². The zero-order valence-corrected chi connectivity index (χ0v) is 13.7. The van der Waals surface area contributed by atoms with E-state index in [1.54, 1.807) is 7.11 Å². The summed E-state index contributed by atoms with van der Waals surface area (Å²) in [5, 5.41) is 5.86. The van der Waals surface area contributed by atoms with Crippen LogP contribution in [0.2, 0.25) is 0 Å². The summed E-state index contributed by atoms with van der Waals surface area (Å²) >= 11 is 0. The summed E-state index contributed by atoms with van der Waals surface area (Å²) in [7, 11) is 5.54. The van der Waals surface area contributed by atoms with Crippen LogP contribution in [0.3, 0.4) is 0 Å². The van der Waals surface area contributed by atoms with Gasteiger partial charge in [-0.2, -0.15) is 0 Å². The third kappa shape index (κ3) is 5.00. The molecule has 0 bridgehead atoms. The number of urea groups is 1. The lowest BCUT2D eigenvalue weighted by Gasteiger charge is -2.23. The van der Waals surface area contributed by atoms with Gasteiger partial charge in [0.05, 0.1) is 18.8 Å². The molecule has 122 valence electrons. The molecule has 0 aromatic heterocycles. The molecule has 0 heterocycles. The molecule has 0 aliphatic carbocycles. The molecule has 0 spiro atoms. The van der Waals surface area contributed by atoms with Gasteiger partial charge in [0.1, 0.15) is 5.75 Å². The van der Waals surface area contributed by atoms with Gasteiger partial charge in [-0.15, -0.1) is 0 Å². The van der Waals surface area contributed by atoms with E-state index in [0.29, 0.717) is 18.0 Å². The average Bonchev–Trinajstić information content (AvgIpc) is 2.55. The van der Waals surface area contributed by atoms with Crippen LogP contribution in [-0.2, 0) is 0 Å². The Balaban J connectivity index is 2.08. The molecule has 0 fully saturated rings. The fourth-order valence-corrected chi connectivity index (χ4v) is 2.35. The molecule has 23 heavy (non-hydrogen) atoms. The molecule has 2 aromatic rings. The lowest BCUT2D eigenvalue weighted by Crippen LogP contribution is -2.37. The summed E-state index contributed by atoms with van der Waals surface area (Å²) in [5.41, 5.74) is 1.71. The first-order valence-electron chi connectivity index (χ1n) is 7.50. The molecule has 0 saturated heterocycles. The van der Waals surface area contributed by atoms with Crippen molar-refractivity contribution in [1.29, 1.82) is 0 Å². The number of likely N-dealkylation sites (N-methyl/N-ethyl adjacent to an activating group) is 1. The predicted molar refractivity (Wildman–Crippen MR) is 92.9 cm³/mol. The largest absolute Gasteiger partial charge is 0.495 e. The van der Waals surface area contributed by atoms with Crippen LogP contribution in [0.1, 0.15) is 11.6 Å². The molecule has 2 amide bonds. The van der Waals surface area contributed by atoms with Crippen LogP contribution in [0.25, 0.3) is 0 Å². The summed E-state index contributed by atoms with van der Waals surface area (Å²) < 4.78 is 5.25. The molecular formula is C18H23N3O2. The van der Waals surface area contributed by atoms with E-state index in [9.17, 15) is 4.79 Å². The Kier molecular flexibility index (Phi) is 6.00. The number of anilines is 1. The van der Waals surface area contributed by atoms with Crippen molar-refractivity contribution in [3.8, 4) is 5.75 Å². The van der Waals surface area contributed by atoms with Crippen molar-refractivity contribution in [2.24, 2.45) is 0 Å². The number of carbonyl (C=O) groups excluding carboxylic acids is 1. The minimum atomic E-state index is -0.259. The number of benzene rings is 2. The first kappa shape index (κ1) is 16.8. The van der Waals surface area contributed by atoms with Crippen molar-refractivity contribution in [1.82, 2.24) is 10.2 Å². The summed E-state index contributed by atoms with van der Waals surface area (Å²) in [6.07, 6.45) is 0. The van der Waals surface area contributed by atoms with Crippen LogP contribution in [0, 0.1) is 0 Å². The summed E-state index contributed by atoms with van der Waals surface area (Å²) in [5.74, 6) is 0.631. The molecule has 0 radical (unpaired) electrons. The van der Waals surface area contributed by atoms with Gasteiger partial charge in [0.25, 0.3) is 0 Å². The number of nitrogens with zero attached hydrogens (tertiary/aromatic N) is 1. The van der Waals surface area contributed by atoms with E-state index in [1.165, 1.54) is 0 Å². The average molecular weight is 313 g/mol. The minimum Gasteiger partial charge on any atom is -0.495 e. The first-order valence-corrected chi connectivity index (χ1v) is 7.50. The number of methoxy groups -OCH3 is 1. The summed E-state index contributed by atoms with van der Waals surface area (Å²) in [4.78, 5) is 14.4. The molecule has 0 unspecified atom stereocenters. The smallest absolute Gasteiger partial charge is 0.319 e. The molecule has 1 atom stereocenters. The Hall–Kier alpha value is -2.53. The molecule has 0 aliphatic rings. The van der Waals surface area contributed by atoms with Gasteiger partial charge in [0, 0.05) is 6.54 Å². The van der Waals surface area contributed by atoms with E-state index < -0.39 is 0 Å². The van der Waals surface area contributed by atoms with E-state index in [4.69, 9.17) is 4.74 Å². The number of rotatable bonds is 6. The van der Waals surface area contributed by atoms with Gasteiger partial charge in [-0.1, -0.05) is 42.5 Å². The number of hydrogen-bond acceptors (Lipinski definition) is 3. The van der Waals surface area contributed by atoms with Crippen molar-refractivity contribution >= 4 is 11.7 Å². The zero-order valence-electron chi connectivity index (χ0n) is 13.7. The van der Waals surface area contributed by atoms with Crippen molar-refractivity contribution < 1.29 is 9.53 Å². The number of nitrogens with one attached hydrogen (secondary N) is 2. The van der Waals surface area contributed by atoms with Gasteiger partial charge in [-0.3, -0.25) is 0 Å². The third-order valence-corrected chi connectivity index (χ3v) is 3.41. The van der Waals surface area contributed by atoms with E-state index in [-0.39, 0.29) is 12.1 Å². The van der Waals surface area contributed by atoms with Crippen LogP contribution in [-0.4, -0.2) is 38.7 Å². The Bertz CT molecular complexity index is 629. The van der Waals surface area contributed by atoms with Gasteiger partial charge in [-0.25, -0.2) is 4.79 Å². The van der Waals surface area contributed by atoms with Gasteiger partial charge < -0.3 is 20.3 Å². The molecule has 0 aliphatic heterocycles. The Morgan fingerprint density at radius 1 is 1.09 bits per heavy atom. The maximum Gasteiger partial charge on any atom is 0.319 e. The Morgan fingerprint density at radius 3 is 2.39 bits per heavy atom. The molecule has 0 saturated carbocycles. The van der Waals surface area contributed by atoms with Gasteiger partial charge in [0.15, 0.2) is 0 Å². The highest BCUT2D eigenvalue weighted by atomic mass is 16.5. The lowest BCUT2D eigenvalue weighted by atomic mass is 10.1. The van der Waals surface area contributed by atoms with Gasteiger partial charge in [-0.05, 0) is 31.8 Å². The molecule has 2 aromatic carbocycles. The second kappa shape index (κ2) is 8.19. The normalized spacial score (nSPS) is 11.8. The van der Waals surface area contributed by atoms with Crippen LogP contribution in [0.4, 0.5) is 10.5 Å². The number of carbonyl (C=O) groups is 1.